The van der Waals surface area contributed by atoms with E-state index < -0.39 is 0 Å². The van der Waals surface area contributed by atoms with Gasteiger partial charge in [-0.3, -0.25) is 0 Å². The fraction of sp³-hybridized carbons (Fsp3) is 0.385. The molecule has 2 nitrogen and oxygen atoms in total. The van der Waals surface area contributed by atoms with Crippen LogP contribution in [-0.2, 0) is 6.54 Å². The van der Waals surface area contributed by atoms with Crippen LogP contribution in [0.15, 0.2) is 24.3 Å². The molecule has 0 heterocycles. The molecule has 0 spiro atoms. The molecule has 1 rings (SSSR count). The molecule has 1 N–H and O–H groups in total. The van der Waals surface area contributed by atoms with Gasteiger partial charge < -0.3 is 10.1 Å². The highest BCUT2D eigenvalue weighted by molar-refractivity contribution is 5.28. The molecule has 0 bridgehead atoms. The first-order valence-electron chi connectivity index (χ1n) is 5.12. The Morgan fingerprint density at radius 3 is 3.00 bits per heavy atom. The van der Waals surface area contributed by atoms with E-state index in [0.717, 1.165) is 18.7 Å². The second kappa shape index (κ2) is 6.92. The number of nitrogens with one attached hydrogen (secondary N) is 1. The van der Waals surface area contributed by atoms with Crippen LogP contribution < -0.4 is 10.1 Å². The van der Waals surface area contributed by atoms with Gasteiger partial charge in [0.2, 0.25) is 0 Å². The van der Waals surface area contributed by atoms with E-state index in [1.54, 1.807) is 0 Å². The van der Waals surface area contributed by atoms with Gasteiger partial charge in [0.25, 0.3) is 0 Å². The Morgan fingerprint density at radius 2 is 2.27 bits per heavy atom. The van der Waals surface area contributed by atoms with E-state index in [2.05, 4.69) is 29.3 Å². The lowest BCUT2D eigenvalue weighted by Crippen LogP contribution is -2.05. The minimum Gasteiger partial charge on any atom is -0.493 e. The van der Waals surface area contributed by atoms with Crippen LogP contribution >= 0.6 is 0 Å². The van der Waals surface area contributed by atoms with Gasteiger partial charge in [-0.15, -0.1) is 11.8 Å². The molecule has 0 aromatic heterocycles. The average Bonchev–Trinajstić information content (AvgIpc) is 2.26. The fourth-order valence-corrected chi connectivity index (χ4v) is 1.29. The Bertz CT molecular complexity index is 349. The largest absolute Gasteiger partial charge is 0.493 e. The highest BCUT2D eigenvalue weighted by atomic mass is 16.5. The van der Waals surface area contributed by atoms with Crippen LogP contribution in [0, 0.1) is 11.8 Å². The lowest BCUT2D eigenvalue weighted by Gasteiger charge is -2.06. The van der Waals surface area contributed by atoms with Gasteiger partial charge in [-0.05, 0) is 31.7 Å². The van der Waals surface area contributed by atoms with E-state index in [9.17, 15) is 0 Å². The summed E-state index contributed by atoms with van der Waals surface area (Å²) in [6, 6.07) is 8.11. The van der Waals surface area contributed by atoms with E-state index in [0.29, 0.717) is 6.61 Å². The van der Waals surface area contributed by atoms with Crippen LogP contribution in [0.1, 0.15) is 18.9 Å². The standard InChI is InChI=1S/C13H17NO/c1-3-4-5-9-15-13-8-6-7-12(10-13)11-14-2/h6-8,10,14H,5,9,11H2,1-2H3. The Hall–Kier alpha value is -1.46. The number of hydrogen-bond donors (Lipinski definition) is 1. The van der Waals surface area contributed by atoms with Crippen molar-refractivity contribution in [3.8, 4) is 17.6 Å². The third-order valence-corrected chi connectivity index (χ3v) is 1.95. The molecule has 0 amide bonds. The number of benzene rings is 1. The molecule has 15 heavy (non-hydrogen) atoms. The van der Waals surface area contributed by atoms with Crippen LogP contribution in [0.2, 0.25) is 0 Å². The van der Waals surface area contributed by atoms with Gasteiger partial charge >= 0.3 is 0 Å². The van der Waals surface area contributed by atoms with Crippen LogP contribution in [0.25, 0.3) is 0 Å². The number of rotatable bonds is 5. The topological polar surface area (TPSA) is 21.3 Å². The van der Waals surface area contributed by atoms with Crippen molar-refractivity contribution in [2.24, 2.45) is 0 Å². The van der Waals surface area contributed by atoms with Gasteiger partial charge in [-0.2, -0.15) is 0 Å². The van der Waals surface area contributed by atoms with Gasteiger partial charge in [0.1, 0.15) is 5.75 Å². The van der Waals surface area contributed by atoms with Gasteiger partial charge in [0.15, 0.2) is 0 Å². The summed E-state index contributed by atoms with van der Waals surface area (Å²) in [4.78, 5) is 0. The normalized spacial score (nSPS) is 9.20. The molecule has 0 aliphatic rings. The molecule has 1 aromatic carbocycles. The van der Waals surface area contributed by atoms with Gasteiger partial charge in [-0.1, -0.05) is 12.1 Å². The molecule has 80 valence electrons. The van der Waals surface area contributed by atoms with Gasteiger partial charge in [0.05, 0.1) is 6.61 Å². The van der Waals surface area contributed by atoms with Crippen LogP contribution in [0.4, 0.5) is 0 Å². The van der Waals surface area contributed by atoms with Crippen molar-refractivity contribution in [3.63, 3.8) is 0 Å². The summed E-state index contributed by atoms with van der Waals surface area (Å²) in [6.45, 7) is 3.36. The first kappa shape index (κ1) is 11.6. The second-order valence-electron chi connectivity index (χ2n) is 3.20. The second-order valence-corrected chi connectivity index (χ2v) is 3.20. The number of hydrogen-bond acceptors (Lipinski definition) is 2. The van der Waals surface area contributed by atoms with Crippen molar-refractivity contribution in [2.45, 2.75) is 19.9 Å². The Morgan fingerprint density at radius 1 is 1.40 bits per heavy atom. The van der Waals surface area contributed by atoms with Crippen molar-refractivity contribution >= 4 is 0 Å². The van der Waals surface area contributed by atoms with Crippen molar-refractivity contribution in [2.75, 3.05) is 13.7 Å². The fourth-order valence-electron chi connectivity index (χ4n) is 1.29. The van der Waals surface area contributed by atoms with Gasteiger partial charge in [0, 0.05) is 13.0 Å². The molecule has 0 aliphatic carbocycles. The average molecular weight is 203 g/mol. The van der Waals surface area contributed by atoms with E-state index >= 15 is 0 Å². The number of ether oxygens (including phenoxy) is 1. The maximum absolute atomic E-state index is 5.56. The minimum atomic E-state index is 0.657. The summed E-state index contributed by atoms with van der Waals surface area (Å²) < 4.78 is 5.56. The molecule has 0 atom stereocenters. The summed E-state index contributed by atoms with van der Waals surface area (Å²) in [7, 11) is 1.93. The zero-order valence-electron chi connectivity index (χ0n) is 9.34. The molecule has 0 aliphatic heterocycles. The summed E-state index contributed by atoms with van der Waals surface area (Å²) in [5.74, 6) is 6.73. The maximum Gasteiger partial charge on any atom is 0.119 e. The summed E-state index contributed by atoms with van der Waals surface area (Å²) in [6.07, 6.45) is 0.784. The molecule has 0 unspecified atom stereocenters. The molecular weight excluding hydrogens is 186 g/mol. The zero-order valence-corrected chi connectivity index (χ0v) is 9.34. The molecule has 2 heteroatoms. The molecule has 0 saturated carbocycles. The van der Waals surface area contributed by atoms with E-state index in [1.165, 1.54) is 5.56 Å². The van der Waals surface area contributed by atoms with Crippen LogP contribution in [-0.4, -0.2) is 13.7 Å². The minimum absolute atomic E-state index is 0.657. The predicted molar refractivity (Wildman–Crippen MR) is 62.8 cm³/mol. The highest BCUT2D eigenvalue weighted by Gasteiger charge is 1.95. The first-order chi connectivity index (χ1) is 7.36. The van der Waals surface area contributed by atoms with E-state index in [1.807, 2.05) is 26.1 Å². The molecule has 0 saturated heterocycles. The lowest BCUT2D eigenvalue weighted by atomic mass is 10.2. The predicted octanol–water partition coefficient (Wildman–Crippen LogP) is 2.20. The molecular formula is C13H17NO. The van der Waals surface area contributed by atoms with Crippen molar-refractivity contribution in [1.29, 1.82) is 0 Å². The monoisotopic (exact) mass is 203 g/mol. The highest BCUT2D eigenvalue weighted by Crippen LogP contribution is 2.13. The summed E-state index contributed by atoms with van der Waals surface area (Å²) in [5.41, 5.74) is 1.23. The molecule has 1 aromatic rings. The Kier molecular flexibility index (Phi) is 5.35. The lowest BCUT2D eigenvalue weighted by molar-refractivity contribution is 0.327. The van der Waals surface area contributed by atoms with Gasteiger partial charge in [-0.25, -0.2) is 0 Å². The maximum atomic E-state index is 5.56. The van der Waals surface area contributed by atoms with Crippen molar-refractivity contribution in [1.82, 2.24) is 5.32 Å². The Balaban J connectivity index is 2.45. The summed E-state index contributed by atoms with van der Waals surface area (Å²) >= 11 is 0. The smallest absolute Gasteiger partial charge is 0.119 e. The first-order valence-corrected chi connectivity index (χ1v) is 5.12. The van der Waals surface area contributed by atoms with E-state index in [4.69, 9.17) is 4.74 Å². The van der Waals surface area contributed by atoms with E-state index in [-0.39, 0.29) is 0 Å². The quantitative estimate of drug-likeness (QED) is 0.585. The van der Waals surface area contributed by atoms with Crippen LogP contribution in [0.5, 0.6) is 5.75 Å². The molecule has 0 radical (unpaired) electrons. The molecule has 0 fully saturated rings. The Labute approximate surface area is 91.6 Å². The zero-order chi connectivity index (χ0) is 10.9. The third kappa shape index (κ3) is 4.53. The summed E-state index contributed by atoms with van der Waals surface area (Å²) in [5, 5.41) is 3.11. The third-order valence-electron chi connectivity index (χ3n) is 1.95. The van der Waals surface area contributed by atoms with Crippen LogP contribution in [0.3, 0.4) is 0 Å². The van der Waals surface area contributed by atoms with Crippen molar-refractivity contribution < 1.29 is 4.74 Å². The van der Waals surface area contributed by atoms with Crippen molar-refractivity contribution in [3.05, 3.63) is 29.8 Å². The SMILES string of the molecule is CC#CCCOc1cccc(CNC)c1.